The maximum atomic E-state index is 11.8. The van der Waals surface area contributed by atoms with E-state index in [0.29, 0.717) is 31.0 Å². The fourth-order valence-electron chi connectivity index (χ4n) is 4.32. The Morgan fingerprint density at radius 3 is 2.77 bits per heavy atom. The molecule has 0 unspecified atom stereocenters. The fourth-order valence-corrected chi connectivity index (χ4v) is 5.13. The predicted molar refractivity (Wildman–Crippen MR) is 138 cm³/mol. The first-order chi connectivity index (χ1) is 16.7. The maximum absolute atomic E-state index is 11.8. The molecule has 9 heteroatoms. The summed E-state index contributed by atoms with van der Waals surface area (Å²) in [6.07, 6.45) is 3.39. The van der Waals surface area contributed by atoms with Crippen molar-refractivity contribution in [1.82, 2.24) is 20.2 Å². The Hall–Kier alpha value is -3.01. The lowest BCUT2D eigenvalue weighted by Gasteiger charge is -2.37. The van der Waals surface area contributed by atoms with Gasteiger partial charge in [-0.15, -0.1) is 0 Å². The van der Waals surface area contributed by atoms with Crippen molar-refractivity contribution in [2.45, 2.75) is 43.8 Å². The van der Waals surface area contributed by atoms with E-state index in [2.05, 4.69) is 63.6 Å². The zero-order chi connectivity index (χ0) is 25.0. The minimum atomic E-state index is -3.49. The monoisotopic (exact) mass is 495 g/mol. The number of sulfone groups is 1. The number of hydrogen-bond donors (Lipinski definition) is 3. The highest BCUT2D eigenvalue weighted by molar-refractivity contribution is 7.90. The fraction of sp³-hybridized carbons (Fsp3) is 0.385. The number of anilines is 1. The Labute approximate surface area is 207 Å². The van der Waals surface area contributed by atoms with Crippen LogP contribution in [0, 0.1) is 0 Å². The van der Waals surface area contributed by atoms with E-state index in [0.717, 1.165) is 42.7 Å². The summed E-state index contributed by atoms with van der Waals surface area (Å²) in [6.45, 7) is 7.93. The zero-order valence-electron chi connectivity index (χ0n) is 20.4. The standard InChI is InChI=1S/C26H33N5O3S/c1-18-16-31(19(2)15-29-18)17-21-5-4-6-22(13-21)23-10-12-28-26(30-23)27-11-9-20-7-8-24(32)25(14-20)35(3,33)34/h4-8,10,12-14,18-19,29,32H,9,11,15-17H2,1-3H3,(H,27,28,30)/t18-,19-/m0/s1. The highest BCUT2D eigenvalue weighted by Gasteiger charge is 2.22. The van der Waals surface area contributed by atoms with E-state index in [-0.39, 0.29) is 10.6 Å². The van der Waals surface area contributed by atoms with E-state index in [1.807, 2.05) is 6.07 Å². The van der Waals surface area contributed by atoms with Crippen molar-refractivity contribution in [3.63, 3.8) is 0 Å². The Morgan fingerprint density at radius 1 is 1.14 bits per heavy atom. The molecule has 8 nitrogen and oxygen atoms in total. The van der Waals surface area contributed by atoms with Gasteiger partial charge in [0.1, 0.15) is 10.6 Å². The highest BCUT2D eigenvalue weighted by atomic mass is 32.2. The molecule has 0 bridgehead atoms. The summed E-state index contributed by atoms with van der Waals surface area (Å²) >= 11 is 0. The Morgan fingerprint density at radius 2 is 1.97 bits per heavy atom. The number of aromatic nitrogens is 2. The van der Waals surface area contributed by atoms with Crippen LogP contribution in [0.15, 0.2) is 59.6 Å². The van der Waals surface area contributed by atoms with Gasteiger partial charge in [-0.25, -0.2) is 18.4 Å². The smallest absolute Gasteiger partial charge is 0.223 e. The van der Waals surface area contributed by atoms with Crippen LogP contribution in [0.1, 0.15) is 25.0 Å². The minimum absolute atomic E-state index is 0.0576. The van der Waals surface area contributed by atoms with Gasteiger partial charge in [0.05, 0.1) is 5.69 Å². The Kier molecular flexibility index (Phi) is 7.69. The molecule has 3 aromatic rings. The molecule has 3 N–H and O–H groups in total. The van der Waals surface area contributed by atoms with Crippen LogP contribution in [-0.4, -0.2) is 66.4 Å². The van der Waals surface area contributed by atoms with Crippen molar-refractivity contribution in [3.8, 4) is 17.0 Å². The van der Waals surface area contributed by atoms with Gasteiger partial charge in [-0.3, -0.25) is 4.90 Å². The number of nitrogens with zero attached hydrogens (tertiary/aromatic N) is 3. The van der Waals surface area contributed by atoms with Crippen LogP contribution in [0.2, 0.25) is 0 Å². The van der Waals surface area contributed by atoms with E-state index < -0.39 is 9.84 Å². The molecule has 2 heterocycles. The third-order valence-electron chi connectivity index (χ3n) is 6.28. The number of rotatable bonds is 8. The Balaban J connectivity index is 1.41. The van der Waals surface area contributed by atoms with Crippen LogP contribution in [0.5, 0.6) is 5.75 Å². The average molecular weight is 496 g/mol. The van der Waals surface area contributed by atoms with Crippen LogP contribution in [0.3, 0.4) is 0 Å². The lowest BCUT2D eigenvalue weighted by Crippen LogP contribution is -2.53. The number of hydrogen-bond acceptors (Lipinski definition) is 8. The molecular weight excluding hydrogens is 462 g/mol. The number of piperazine rings is 1. The second-order valence-electron chi connectivity index (χ2n) is 9.30. The molecule has 0 saturated carbocycles. The lowest BCUT2D eigenvalue weighted by molar-refractivity contribution is 0.139. The van der Waals surface area contributed by atoms with Crippen molar-refractivity contribution in [3.05, 3.63) is 65.9 Å². The van der Waals surface area contributed by atoms with Crippen molar-refractivity contribution in [1.29, 1.82) is 0 Å². The van der Waals surface area contributed by atoms with E-state index >= 15 is 0 Å². The van der Waals surface area contributed by atoms with E-state index in [1.165, 1.54) is 17.7 Å². The van der Waals surface area contributed by atoms with Crippen LogP contribution >= 0.6 is 0 Å². The van der Waals surface area contributed by atoms with Crippen LogP contribution < -0.4 is 10.6 Å². The third-order valence-corrected chi connectivity index (χ3v) is 7.40. The van der Waals surface area contributed by atoms with Gasteiger partial charge in [-0.2, -0.15) is 0 Å². The lowest BCUT2D eigenvalue weighted by atomic mass is 10.1. The van der Waals surface area contributed by atoms with Crippen molar-refractivity contribution >= 4 is 15.8 Å². The summed E-state index contributed by atoms with van der Waals surface area (Å²) in [4.78, 5) is 11.5. The number of benzene rings is 2. The first-order valence-electron chi connectivity index (χ1n) is 11.8. The highest BCUT2D eigenvalue weighted by Crippen LogP contribution is 2.24. The quantitative estimate of drug-likeness (QED) is 0.438. The van der Waals surface area contributed by atoms with Gasteiger partial charge in [-0.05, 0) is 55.7 Å². The minimum Gasteiger partial charge on any atom is -0.507 e. The number of nitrogens with one attached hydrogen (secondary N) is 2. The summed E-state index contributed by atoms with van der Waals surface area (Å²) in [5, 5.41) is 16.6. The first-order valence-corrected chi connectivity index (χ1v) is 13.7. The molecular formula is C26H33N5O3S. The largest absolute Gasteiger partial charge is 0.507 e. The molecule has 2 aromatic carbocycles. The van der Waals surface area contributed by atoms with E-state index in [1.54, 1.807) is 12.3 Å². The summed E-state index contributed by atoms with van der Waals surface area (Å²) in [7, 11) is -3.49. The molecule has 1 aliphatic rings. The van der Waals surface area contributed by atoms with E-state index in [9.17, 15) is 13.5 Å². The molecule has 186 valence electrons. The molecule has 0 spiro atoms. The normalized spacial score (nSPS) is 18.9. The van der Waals surface area contributed by atoms with Crippen molar-refractivity contribution in [2.75, 3.05) is 31.2 Å². The van der Waals surface area contributed by atoms with Gasteiger partial charge in [0.25, 0.3) is 0 Å². The molecule has 0 amide bonds. The van der Waals surface area contributed by atoms with E-state index in [4.69, 9.17) is 0 Å². The molecule has 35 heavy (non-hydrogen) atoms. The number of phenolic OH excluding ortho intramolecular Hbond substituents is 1. The SMILES string of the molecule is C[C@H]1CN(Cc2cccc(-c3ccnc(NCCc4ccc(O)c(S(C)(=O)=O)c4)n3)c2)[C@@H](C)CN1. The molecule has 0 radical (unpaired) electrons. The third kappa shape index (κ3) is 6.56. The van der Waals surface area contributed by atoms with Gasteiger partial charge in [0.15, 0.2) is 9.84 Å². The zero-order valence-corrected chi connectivity index (χ0v) is 21.2. The summed E-state index contributed by atoms with van der Waals surface area (Å²) in [6, 6.07) is 16.0. The molecule has 0 aliphatic carbocycles. The molecule has 1 fully saturated rings. The average Bonchev–Trinajstić information content (AvgIpc) is 2.82. The topological polar surface area (TPSA) is 107 Å². The summed E-state index contributed by atoms with van der Waals surface area (Å²) in [5.74, 6) is 0.281. The van der Waals surface area contributed by atoms with Gasteiger partial charge in [0.2, 0.25) is 5.95 Å². The molecule has 1 aliphatic heterocycles. The van der Waals surface area contributed by atoms with Gasteiger partial charge in [0, 0.05) is 56.3 Å². The van der Waals surface area contributed by atoms with Gasteiger partial charge in [-0.1, -0.05) is 24.3 Å². The van der Waals surface area contributed by atoms with Crippen molar-refractivity contribution < 1.29 is 13.5 Å². The molecule has 4 rings (SSSR count). The first kappa shape index (κ1) is 25.1. The Bertz CT molecular complexity index is 1280. The molecule has 1 saturated heterocycles. The van der Waals surface area contributed by atoms with Gasteiger partial charge < -0.3 is 15.7 Å². The van der Waals surface area contributed by atoms with Crippen LogP contribution in [-0.2, 0) is 22.8 Å². The van der Waals surface area contributed by atoms with Crippen molar-refractivity contribution in [2.24, 2.45) is 0 Å². The number of aromatic hydroxyl groups is 1. The second kappa shape index (κ2) is 10.7. The molecule has 2 atom stereocenters. The summed E-state index contributed by atoms with van der Waals surface area (Å²) in [5.41, 5.74) is 3.94. The van der Waals surface area contributed by atoms with Gasteiger partial charge >= 0.3 is 0 Å². The summed E-state index contributed by atoms with van der Waals surface area (Å²) < 4.78 is 23.7. The molecule has 1 aromatic heterocycles. The van der Waals surface area contributed by atoms with Crippen LogP contribution in [0.4, 0.5) is 5.95 Å². The maximum Gasteiger partial charge on any atom is 0.223 e. The number of phenols is 1. The van der Waals surface area contributed by atoms with Crippen LogP contribution in [0.25, 0.3) is 11.3 Å². The second-order valence-corrected chi connectivity index (χ2v) is 11.3. The predicted octanol–water partition coefficient (Wildman–Crippen LogP) is 3.09.